The van der Waals surface area contributed by atoms with Gasteiger partial charge in [0.15, 0.2) is 0 Å². The molecule has 0 radical (unpaired) electrons. The number of carbonyl (C=O) groups is 3. The Labute approximate surface area is 130 Å². The maximum Gasteiger partial charge on any atom is 0.306 e. The van der Waals surface area contributed by atoms with Crippen molar-refractivity contribution in [3.8, 4) is 0 Å². The number of aliphatic carboxylic acids is 1. The maximum absolute atomic E-state index is 12.8. The Kier molecular flexibility index (Phi) is 5.76. The fourth-order valence-corrected chi connectivity index (χ4v) is 3.33. The Hall–Kier alpha value is -1.63. The van der Waals surface area contributed by atoms with Crippen LogP contribution in [0, 0.1) is 5.92 Å². The molecular weight excluding hydrogens is 288 g/mol. The first kappa shape index (κ1) is 16.7. The van der Waals surface area contributed by atoms with E-state index in [1.165, 1.54) is 6.92 Å². The molecule has 2 rings (SSSR count). The van der Waals surface area contributed by atoms with E-state index in [1.54, 1.807) is 4.90 Å². The fraction of sp³-hybridized carbons (Fsp3) is 0.800. The van der Waals surface area contributed by atoms with E-state index in [1.807, 2.05) is 0 Å². The molecule has 1 saturated carbocycles. The minimum atomic E-state index is -0.937. The first-order chi connectivity index (χ1) is 10.5. The zero-order valence-corrected chi connectivity index (χ0v) is 12.9. The second kappa shape index (κ2) is 7.58. The molecule has 1 aliphatic carbocycles. The number of carbonyl (C=O) groups excluding carboxylic acids is 2. The van der Waals surface area contributed by atoms with Crippen LogP contribution in [-0.2, 0) is 19.1 Å². The second-order valence-corrected chi connectivity index (χ2v) is 6.10. The molecule has 2 amide bonds. The predicted molar refractivity (Wildman–Crippen MR) is 78.1 cm³/mol. The van der Waals surface area contributed by atoms with Crippen LogP contribution in [0.5, 0.6) is 0 Å². The minimum absolute atomic E-state index is 0.110. The van der Waals surface area contributed by atoms with E-state index >= 15 is 0 Å². The number of carboxylic acids is 1. The molecule has 2 aliphatic rings. The van der Waals surface area contributed by atoms with E-state index < -0.39 is 18.1 Å². The third-order valence-electron chi connectivity index (χ3n) is 4.35. The van der Waals surface area contributed by atoms with E-state index in [0.717, 1.165) is 25.7 Å². The van der Waals surface area contributed by atoms with Crippen molar-refractivity contribution in [1.82, 2.24) is 10.2 Å². The molecule has 7 nitrogen and oxygen atoms in total. The van der Waals surface area contributed by atoms with E-state index in [2.05, 4.69) is 5.32 Å². The molecule has 0 spiro atoms. The molecule has 22 heavy (non-hydrogen) atoms. The lowest BCUT2D eigenvalue weighted by molar-refractivity contribution is -0.150. The van der Waals surface area contributed by atoms with Gasteiger partial charge in [0, 0.05) is 20.0 Å². The summed E-state index contributed by atoms with van der Waals surface area (Å²) < 4.78 is 5.39. The summed E-state index contributed by atoms with van der Waals surface area (Å²) in [7, 11) is 0. The van der Waals surface area contributed by atoms with Crippen LogP contribution in [0.1, 0.15) is 39.0 Å². The summed E-state index contributed by atoms with van der Waals surface area (Å²) in [5, 5.41) is 11.6. The zero-order valence-electron chi connectivity index (χ0n) is 12.9. The summed E-state index contributed by atoms with van der Waals surface area (Å²) in [6.07, 6.45) is 3.46. The van der Waals surface area contributed by atoms with Gasteiger partial charge in [-0.1, -0.05) is 12.8 Å². The molecule has 2 N–H and O–H groups in total. The highest BCUT2D eigenvalue weighted by atomic mass is 16.5. The molecule has 0 unspecified atom stereocenters. The third kappa shape index (κ3) is 4.43. The Balaban J connectivity index is 2.01. The number of ether oxygens (including phenoxy) is 1. The van der Waals surface area contributed by atoms with Crippen LogP contribution in [0.2, 0.25) is 0 Å². The monoisotopic (exact) mass is 312 g/mol. The zero-order chi connectivity index (χ0) is 16.1. The summed E-state index contributed by atoms with van der Waals surface area (Å²) in [5.41, 5.74) is 0. The van der Waals surface area contributed by atoms with Crippen LogP contribution in [0.4, 0.5) is 0 Å². The predicted octanol–water partition coefficient (Wildman–Crippen LogP) is 0.383. The Bertz CT molecular complexity index is 434. The van der Waals surface area contributed by atoms with Crippen molar-refractivity contribution in [1.29, 1.82) is 0 Å². The molecule has 7 heteroatoms. The molecular formula is C15H24N2O5. The number of morpholine rings is 1. The van der Waals surface area contributed by atoms with Crippen LogP contribution >= 0.6 is 0 Å². The van der Waals surface area contributed by atoms with Gasteiger partial charge in [-0.05, 0) is 18.8 Å². The number of nitrogens with one attached hydrogen (secondary N) is 1. The van der Waals surface area contributed by atoms with Gasteiger partial charge in [-0.3, -0.25) is 14.4 Å². The number of amides is 2. The molecule has 1 heterocycles. The lowest BCUT2D eigenvalue weighted by Crippen LogP contribution is -2.55. The van der Waals surface area contributed by atoms with Crippen LogP contribution < -0.4 is 5.32 Å². The van der Waals surface area contributed by atoms with Crippen molar-refractivity contribution < 1.29 is 24.2 Å². The van der Waals surface area contributed by atoms with Crippen molar-refractivity contribution >= 4 is 17.8 Å². The Morgan fingerprint density at radius 2 is 2.00 bits per heavy atom. The first-order valence-corrected chi connectivity index (χ1v) is 7.86. The van der Waals surface area contributed by atoms with E-state index in [-0.39, 0.29) is 30.7 Å². The van der Waals surface area contributed by atoms with Gasteiger partial charge < -0.3 is 20.1 Å². The van der Waals surface area contributed by atoms with Crippen LogP contribution in [0.15, 0.2) is 0 Å². The van der Waals surface area contributed by atoms with Crippen LogP contribution in [0.3, 0.4) is 0 Å². The number of hydrogen-bond acceptors (Lipinski definition) is 4. The van der Waals surface area contributed by atoms with Crippen molar-refractivity contribution in [3.05, 3.63) is 0 Å². The lowest BCUT2D eigenvalue weighted by atomic mass is 9.96. The normalized spacial score (nSPS) is 24.0. The molecule has 0 aromatic heterocycles. The highest BCUT2D eigenvalue weighted by Gasteiger charge is 2.36. The number of rotatable bonds is 5. The summed E-state index contributed by atoms with van der Waals surface area (Å²) in [6, 6.07) is -0.497. The molecule has 124 valence electrons. The minimum Gasteiger partial charge on any atom is -0.481 e. The maximum atomic E-state index is 12.8. The summed E-state index contributed by atoms with van der Waals surface area (Å²) in [4.78, 5) is 36.6. The van der Waals surface area contributed by atoms with Gasteiger partial charge in [-0.25, -0.2) is 0 Å². The molecule has 0 aromatic carbocycles. The summed E-state index contributed by atoms with van der Waals surface area (Å²) in [5.74, 6) is -1.08. The van der Waals surface area contributed by atoms with E-state index in [9.17, 15) is 14.4 Å². The molecule has 1 aliphatic heterocycles. The largest absolute Gasteiger partial charge is 0.481 e. The molecule has 0 aromatic rings. The molecule has 0 bridgehead atoms. The quantitative estimate of drug-likeness (QED) is 0.765. The van der Waals surface area contributed by atoms with Gasteiger partial charge in [-0.15, -0.1) is 0 Å². The number of hydrogen-bond donors (Lipinski definition) is 2. The summed E-state index contributed by atoms with van der Waals surface area (Å²) in [6.45, 7) is 2.47. The van der Waals surface area contributed by atoms with Gasteiger partial charge in [0.05, 0.1) is 19.1 Å². The number of nitrogens with zero attached hydrogens (tertiary/aromatic N) is 1. The third-order valence-corrected chi connectivity index (χ3v) is 4.35. The first-order valence-electron chi connectivity index (χ1n) is 7.86. The van der Waals surface area contributed by atoms with Gasteiger partial charge in [0.25, 0.3) is 0 Å². The molecule has 1 saturated heterocycles. The topological polar surface area (TPSA) is 95.9 Å². The highest BCUT2D eigenvalue weighted by molar-refractivity contribution is 5.87. The van der Waals surface area contributed by atoms with Crippen LogP contribution in [0.25, 0.3) is 0 Å². The van der Waals surface area contributed by atoms with Crippen molar-refractivity contribution in [2.24, 2.45) is 5.92 Å². The lowest BCUT2D eigenvalue weighted by Gasteiger charge is -2.36. The van der Waals surface area contributed by atoms with E-state index in [0.29, 0.717) is 13.2 Å². The van der Waals surface area contributed by atoms with Crippen molar-refractivity contribution in [3.63, 3.8) is 0 Å². The smallest absolute Gasteiger partial charge is 0.306 e. The standard InChI is InChI=1S/C15H24N2O5/c1-10(18)16-14(11-4-2-3-5-11)15(21)17-6-7-22-12(9-17)8-13(19)20/h11-12,14H,2-9H2,1H3,(H,16,18)(H,19,20)/t12-,14-/m0/s1. The van der Waals surface area contributed by atoms with Gasteiger partial charge in [0.2, 0.25) is 11.8 Å². The average molecular weight is 312 g/mol. The summed E-state index contributed by atoms with van der Waals surface area (Å²) >= 11 is 0. The molecule has 2 atom stereocenters. The van der Waals surface area contributed by atoms with E-state index in [4.69, 9.17) is 9.84 Å². The average Bonchev–Trinajstić information content (AvgIpc) is 2.97. The Morgan fingerprint density at radius 3 is 2.59 bits per heavy atom. The van der Waals surface area contributed by atoms with Crippen molar-refractivity contribution in [2.75, 3.05) is 19.7 Å². The SMILES string of the molecule is CC(=O)N[C@H](C(=O)N1CCO[C@@H](CC(=O)O)C1)C1CCCC1. The van der Waals surface area contributed by atoms with Gasteiger partial charge in [-0.2, -0.15) is 0 Å². The highest BCUT2D eigenvalue weighted by Crippen LogP contribution is 2.29. The van der Waals surface area contributed by atoms with Gasteiger partial charge >= 0.3 is 5.97 Å². The molecule has 2 fully saturated rings. The fourth-order valence-electron chi connectivity index (χ4n) is 3.33. The van der Waals surface area contributed by atoms with Gasteiger partial charge in [0.1, 0.15) is 6.04 Å². The van der Waals surface area contributed by atoms with Crippen LogP contribution in [-0.4, -0.2) is 59.6 Å². The second-order valence-electron chi connectivity index (χ2n) is 6.10. The Morgan fingerprint density at radius 1 is 1.32 bits per heavy atom. The van der Waals surface area contributed by atoms with Crippen molar-refractivity contribution in [2.45, 2.75) is 51.2 Å². The number of carboxylic acid groups (broad SMARTS) is 1.